The van der Waals surface area contributed by atoms with Crippen molar-refractivity contribution in [2.45, 2.75) is 166 Å². The van der Waals surface area contributed by atoms with Crippen molar-refractivity contribution < 1.29 is 15.6 Å². The molecule has 2 unspecified atom stereocenters. The summed E-state index contributed by atoms with van der Waals surface area (Å²) in [6, 6.07) is 24.7. The summed E-state index contributed by atoms with van der Waals surface area (Å²) in [6.45, 7) is 33.0. The Hall–Kier alpha value is -1.96. The predicted octanol–water partition coefficient (Wildman–Crippen LogP) is 17.8. The van der Waals surface area contributed by atoms with Gasteiger partial charge in [0.25, 0.3) is 0 Å². The number of halogens is 2. The summed E-state index contributed by atoms with van der Waals surface area (Å²) in [6.07, 6.45) is 11.4. The van der Waals surface area contributed by atoms with Gasteiger partial charge in [-0.25, -0.2) is 0 Å². The number of allylic oxidation sites excluding steroid dienone is 2. The Morgan fingerprint density at radius 2 is 0.845 bits per heavy atom. The van der Waals surface area contributed by atoms with Gasteiger partial charge in [-0.05, 0) is 0 Å². The summed E-state index contributed by atoms with van der Waals surface area (Å²) in [7, 11) is 17.9. The van der Waals surface area contributed by atoms with Gasteiger partial charge in [-0.1, -0.05) is 0 Å². The van der Waals surface area contributed by atoms with Crippen molar-refractivity contribution in [3.8, 4) is 22.3 Å². The minimum atomic E-state index is -4.97. The molecule has 0 amide bonds. The molecule has 0 radical (unpaired) electrons. The van der Waals surface area contributed by atoms with E-state index < -0.39 is 21.5 Å². The van der Waals surface area contributed by atoms with Crippen LogP contribution in [0.4, 0.5) is 0 Å². The molecule has 2 aliphatic carbocycles. The predicted molar refractivity (Wildman–Crippen MR) is 261 cm³/mol. The van der Waals surface area contributed by atoms with E-state index in [9.17, 15) is 0 Å². The molecule has 0 N–H and O–H groups in total. The summed E-state index contributed by atoms with van der Waals surface area (Å²) >= 11 is -4.97. The molecular weight excluding hydrogens is 839 g/mol. The van der Waals surface area contributed by atoms with Crippen LogP contribution in [0, 0.1) is 0 Å². The molecular formula is C54H73Cl2SiZr. The van der Waals surface area contributed by atoms with Crippen molar-refractivity contribution in [2.75, 3.05) is 0 Å². The Balaban J connectivity index is 1.65. The monoisotopic (exact) mass is 909 g/mol. The molecule has 4 heteroatoms. The number of rotatable bonds is 15. The number of benzene rings is 4. The maximum absolute atomic E-state index is 8.97. The summed E-state index contributed by atoms with van der Waals surface area (Å²) in [4.78, 5) is 0. The zero-order valence-electron chi connectivity index (χ0n) is 38.5. The average molecular weight is 912 g/mol. The molecule has 4 aromatic carbocycles. The second kappa shape index (κ2) is 17.8. The molecule has 0 saturated heterocycles. The molecule has 0 spiro atoms. The van der Waals surface area contributed by atoms with Gasteiger partial charge >= 0.3 is 366 Å². The first-order valence-corrected chi connectivity index (χ1v) is 39.3. The maximum atomic E-state index is 8.97. The van der Waals surface area contributed by atoms with E-state index in [4.69, 9.17) is 17.0 Å². The number of aryl methyl sites for hydroxylation is 2. The number of fused-ring (bicyclic) bond motifs is 2. The van der Waals surface area contributed by atoms with Crippen LogP contribution in [0.5, 0.6) is 0 Å². The van der Waals surface area contributed by atoms with Crippen molar-refractivity contribution >= 4 is 35.1 Å². The van der Waals surface area contributed by atoms with E-state index in [0.29, 0.717) is 23.7 Å². The quantitative estimate of drug-likeness (QED) is 0.104. The molecule has 6 rings (SSSR count). The molecule has 0 fully saturated rings. The Morgan fingerprint density at radius 1 is 0.517 bits per heavy atom. The molecule has 4 aromatic rings. The van der Waals surface area contributed by atoms with Crippen LogP contribution in [-0.4, -0.2) is 5.92 Å². The standard InChI is InChI=1S/2C26H33.C2H7Si.2ClH.Zr/c2*1-7-9-20-10-11-21-12-19(8-2)13-25(21)26(20)24-15-22(17(3)4)14-23(16-24)18(5)6;1-3-2;;;/h2*10-18H,7-9H2,1-6H3;3H,1-2H3;2*1H;/q;;;;;+2/p-2. The minimum absolute atomic E-state index is 0.0881. The first kappa shape index (κ1) is 45.6. The third kappa shape index (κ3) is 7.98. The van der Waals surface area contributed by atoms with Crippen LogP contribution in [0.25, 0.3) is 34.4 Å². The first-order chi connectivity index (χ1) is 27.4. The number of hydrogen-bond acceptors (Lipinski definition) is 0. The fourth-order valence-corrected chi connectivity index (χ4v) is 42.3. The van der Waals surface area contributed by atoms with Crippen LogP contribution >= 0.6 is 17.0 Å². The van der Waals surface area contributed by atoms with Crippen LogP contribution in [0.3, 0.4) is 0 Å². The van der Waals surface area contributed by atoms with Crippen LogP contribution < -0.4 is 0 Å². The average Bonchev–Trinajstić information content (AvgIpc) is 3.77. The van der Waals surface area contributed by atoms with Gasteiger partial charge in [-0.3, -0.25) is 0 Å². The molecule has 0 aromatic heterocycles. The topological polar surface area (TPSA) is 0 Å². The molecule has 0 heterocycles. The molecule has 0 bridgehead atoms. The van der Waals surface area contributed by atoms with Gasteiger partial charge in [-0.15, -0.1) is 0 Å². The third-order valence-corrected chi connectivity index (χ3v) is 65.9. The summed E-state index contributed by atoms with van der Waals surface area (Å²) in [5.74, 6) is 0.121. The van der Waals surface area contributed by atoms with Crippen molar-refractivity contribution in [3.63, 3.8) is 0 Å². The Morgan fingerprint density at radius 3 is 1.10 bits per heavy atom. The van der Waals surface area contributed by atoms with Crippen LogP contribution in [0.1, 0.15) is 195 Å². The van der Waals surface area contributed by atoms with Crippen LogP contribution in [0.2, 0.25) is 13.1 Å². The first-order valence-electron chi connectivity index (χ1n) is 23.0. The van der Waals surface area contributed by atoms with Crippen LogP contribution in [-0.2, 0) is 28.4 Å². The second-order valence-corrected chi connectivity index (χ2v) is 62.0. The zero-order valence-corrected chi connectivity index (χ0v) is 43.6. The van der Waals surface area contributed by atoms with E-state index in [1.54, 1.807) is 0 Å². The molecule has 311 valence electrons. The zero-order chi connectivity index (χ0) is 42.5. The van der Waals surface area contributed by atoms with E-state index in [-0.39, 0.29) is 7.25 Å². The van der Waals surface area contributed by atoms with Gasteiger partial charge in [0, 0.05) is 0 Å². The van der Waals surface area contributed by atoms with Crippen molar-refractivity contribution in [1.82, 2.24) is 0 Å². The Bertz CT molecular complexity index is 2030. The molecule has 0 saturated carbocycles. The molecule has 58 heavy (non-hydrogen) atoms. The van der Waals surface area contributed by atoms with Crippen molar-refractivity contribution in [2.24, 2.45) is 0 Å². The van der Waals surface area contributed by atoms with E-state index >= 15 is 0 Å². The SMILES string of the molecule is CCCc1ccc2c(c1-c1cc(C(C)C)cc(C(C)C)c1)C=C(CC)[CH]2[Zr]([Cl])([Cl])([CH]1C(CC)=Cc2c1ccc(CCC)c2-c1cc(C(C)C)cc(C(C)C)c1)[SiH](C)C. The Kier molecular flexibility index (Phi) is 14.0. The van der Waals surface area contributed by atoms with Gasteiger partial charge < -0.3 is 0 Å². The summed E-state index contributed by atoms with van der Waals surface area (Å²) in [5, 5.41) is 0. The summed E-state index contributed by atoms with van der Waals surface area (Å²) < 4.78 is 0.176. The fraction of sp³-hybridized carbons (Fsp3) is 0.481. The number of hydrogen-bond donors (Lipinski definition) is 0. The molecule has 0 aliphatic heterocycles. The summed E-state index contributed by atoms with van der Waals surface area (Å²) in [5.41, 5.74) is 22.7. The van der Waals surface area contributed by atoms with Gasteiger partial charge in [0.05, 0.1) is 0 Å². The normalized spacial score (nSPS) is 17.4. The molecule has 0 nitrogen and oxygen atoms in total. The van der Waals surface area contributed by atoms with Crippen molar-refractivity contribution in [3.05, 3.63) is 127 Å². The second-order valence-electron chi connectivity index (χ2n) is 19.5. The van der Waals surface area contributed by atoms with Gasteiger partial charge in [0.1, 0.15) is 0 Å². The van der Waals surface area contributed by atoms with E-state index in [2.05, 4.69) is 169 Å². The van der Waals surface area contributed by atoms with Gasteiger partial charge in [-0.2, -0.15) is 0 Å². The van der Waals surface area contributed by atoms with Gasteiger partial charge in [0.2, 0.25) is 0 Å². The van der Waals surface area contributed by atoms with E-state index in [1.165, 1.54) is 89.0 Å². The Labute approximate surface area is 363 Å². The van der Waals surface area contributed by atoms with E-state index in [1.807, 2.05) is 0 Å². The fourth-order valence-electron chi connectivity index (χ4n) is 10.5. The molecule has 2 aliphatic rings. The van der Waals surface area contributed by atoms with Crippen molar-refractivity contribution in [1.29, 1.82) is 0 Å². The third-order valence-electron chi connectivity index (χ3n) is 14.0. The molecule has 2 atom stereocenters. The van der Waals surface area contributed by atoms with E-state index in [0.717, 1.165) is 38.5 Å². The van der Waals surface area contributed by atoms with Crippen LogP contribution in [0.15, 0.2) is 71.8 Å². The van der Waals surface area contributed by atoms with Gasteiger partial charge in [0.15, 0.2) is 0 Å².